The Morgan fingerprint density at radius 1 is 1.37 bits per heavy atom. The molecular formula is C15H17N3O. The maximum absolute atomic E-state index is 12.5. The monoisotopic (exact) mass is 255 g/mol. The molecule has 98 valence electrons. The van der Waals surface area contributed by atoms with E-state index in [2.05, 4.69) is 11.2 Å². The van der Waals surface area contributed by atoms with Crippen LogP contribution >= 0.6 is 0 Å². The first kappa shape index (κ1) is 12.0. The van der Waals surface area contributed by atoms with E-state index >= 15 is 0 Å². The van der Waals surface area contributed by atoms with Gasteiger partial charge in [-0.15, -0.1) is 0 Å². The van der Waals surface area contributed by atoms with Crippen LogP contribution in [0.4, 0.5) is 5.69 Å². The van der Waals surface area contributed by atoms with E-state index in [0.717, 1.165) is 30.9 Å². The first-order valence-electron chi connectivity index (χ1n) is 6.65. The van der Waals surface area contributed by atoms with E-state index in [-0.39, 0.29) is 5.91 Å². The van der Waals surface area contributed by atoms with Gasteiger partial charge in [0.2, 0.25) is 0 Å². The molecule has 2 aromatic rings. The van der Waals surface area contributed by atoms with Crippen LogP contribution in [0.5, 0.6) is 0 Å². The highest BCUT2D eigenvalue weighted by atomic mass is 16.2. The normalized spacial score (nSPS) is 13.7. The van der Waals surface area contributed by atoms with Gasteiger partial charge in [0.25, 0.3) is 5.91 Å². The number of rotatable bonds is 2. The van der Waals surface area contributed by atoms with Gasteiger partial charge in [-0.05, 0) is 38.0 Å². The lowest BCUT2D eigenvalue weighted by Crippen LogP contribution is -2.29. The summed E-state index contributed by atoms with van der Waals surface area (Å²) in [5.74, 6) is 0.000231. The maximum Gasteiger partial charge on any atom is 0.278 e. The lowest BCUT2D eigenvalue weighted by Gasteiger charge is -2.15. The van der Waals surface area contributed by atoms with Gasteiger partial charge in [-0.3, -0.25) is 9.48 Å². The number of benzene rings is 1. The molecule has 1 aromatic carbocycles. The second-order valence-corrected chi connectivity index (χ2v) is 4.82. The summed E-state index contributed by atoms with van der Waals surface area (Å²) in [6, 6.07) is 9.94. The second kappa shape index (κ2) is 4.53. The van der Waals surface area contributed by atoms with Crippen LogP contribution in [0.1, 0.15) is 28.7 Å². The number of nitrogens with zero attached hydrogens (tertiary/aromatic N) is 3. The van der Waals surface area contributed by atoms with E-state index in [4.69, 9.17) is 0 Å². The smallest absolute Gasteiger partial charge is 0.278 e. The highest BCUT2D eigenvalue weighted by Crippen LogP contribution is 2.28. The fourth-order valence-corrected chi connectivity index (χ4v) is 2.62. The Labute approximate surface area is 112 Å². The zero-order valence-corrected chi connectivity index (χ0v) is 11.3. The molecule has 0 bridgehead atoms. The zero-order valence-electron chi connectivity index (χ0n) is 11.3. The van der Waals surface area contributed by atoms with Crippen molar-refractivity contribution >= 4 is 11.6 Å². The van der Waals surface area contributed by atoms with Crippen LogP contribution in [-0.2, 0) is 13.0 Å². The van der Waals surface area contributed by atoms with Gasteiger partial charge in [-0.2, -0.15) is 5.10 Å². The third-order valence-electron chi connectivity index (χ3n) is 3.63. The highest BCUT2D eigenvalue weighted by Gasteiger charge is 2.26. The molecule has 0 saturated heterocycles. The van der Waals surface area contributed by atoms with Gasteiger partial charge in [0.05, 0.1) is 0 Å². The zero-order chi connectivity index (χ0) is 13.4. The number of para-hydroxylation sites is 1. The van der Waals surface area contributed by atoms with Gasteiger partial charge < -0.3 is 4.90 Å². The number of hydrogen-bond acceptors (Lipinski definition) is 2. The Morgan fingerprint density at radius 2 is 2.16 bits per heavy atom. The minimum Gasteiger partial charge on any atom is -0.306 e. The maximum atomic E-state index is 12.5. The molecule has 4 heteroatoms. The molecular weight excluding hydrogens is 238 g/mol. The number of anilines is 1. The summed E-state index contributed by atoms with van der Waals surface area (Å²) in [5.41, 5.74) is 3.83. The van der Waals surface area contributed by atoms with Crippen molar-refractivity contribution in [2.45, 2.75) is 26.8 Å². The van der Waals surface area contributed by atoms with Gasteiger partial charge >= 0.3 is 0 Å². The molecule has 1 amide bonds. The molecule has 1 aliphatic rings. The SMILES string of the molecule is CCn1nc(C(=O)N2CCc3ccccc32)cc1C. The Balaban J connectivity index is 1.93. The van der Waals surface area contributed by atoms with Gasteiger partial charge in [-0.1, -0.05) is 18.2 Å². The van der Waals surface area contributed by atoms with Crippen molar-refractivity contribution < 1.29 is 4.79 Å². The van der Waals surface area contributed by atoms with Crippen molar-refractivity contribution in [1.29, 1.82) is 0 Å². The molecule has 0 spiro atoms. The summed E-state index contributed by atoms with van der Waals surface area (Å²) in [4.78, 5) is 14.4. The van der Waals surface area contributed by atoms with Crippen molar-refractivity contribution in [3.05, 3.63) is 47.3 Å². The van der Waals surface area contributed by atoms with Crippen LogP contribution in [0, 0.1) is 6.92 Å². The van der Waals surface area contributed by atoms with E-state index in [1.54, 1.807) is 0 Å². The number of carbonyl (C=O) groups excluding carboxylic acids is 1. The molecule has 1 aromatic heterocycles. The molecule has 19 heavy (non-hydrogen) atoms. The van der Waals surface area contributed by atoms with Crippen LogP contribution in [0.3, 0.4) is 0 Å². The summed E-state index contributed by atoms with van der Waals surface area (Å²) in [6.45, 7) is 5.54. The summed E-state index contributed by atoms with van der Waals surface area (Å²) in [6.07, 6.45) is 0.926. The van der Waals surface area contributed by atoms with Crippen LogP contribution in [-0.4, -0.2) is 22.2 Å². The van der Waals surface area contributed by atoms with E-state index in [1.807, 2.05) is 47.7 Å². The van der Waals surface area contributed by atoms with Crippen molar-refractivity contribution in [1.82, 2.24) is 9.78 Å². The number of aryl methyl sites for hydroxylation is 2. The molecule has 2 heterocycles. The molecule has 0 unspecified atom stereocenters. The van der Waals surface area contributed by atoms with E-state index in [1.165, 1.54) is 5.56 Å². The number of fused-ring (bicyclic) bond motifs is 1. The quantitative estimate of drug-likeness (QED) is 0.826. The van der Waals surface area contributed by atoms with E-state index in [0.29, 0.717) is 5.69 Å². The van der Waals surface area contributed by atoms with Gasteiger partial charge in [0.15, 0.2) is 5.69 Å². The standard InChI is InChI=1S/C15H17N3O/c1-3-18-11(2)10-13(16-18)15(19)17-9-8-12-6-4-5-7-14(12)17/h4-7,10H,3,8-9H2,1-2H3. The molecule has 1 aliphatic heterocycles. The topological polar surface area (TPSA) is 38.1 Å². The molecule has 3 rings (SSSR count). The minimum absolute atomic E-state index is 0.000231. The summed E-state index contributed by atoms with van der Waals surface area (Å²) in [7, 11) is 0. The Hall–Kier alpha value is -2.10. The van der Waals surface area contributed by atoms with Crippen molar-refractivity contribution in [2.75, 3.05) is 11.4 Å². The first-order valence-corrected chi connectivity index (χ1v) is 6.65. The fourth-order valence-electron chi connectivity index (χ4n) is 2.62. The summed E-state index contributed by atoms with van der Waals surface area (Å²) >= 11 is 0. The van der Waals surface area contributed by atoms with Crippen molar-refractivity contribution in [3.8, 4) is 0 Å². The van der Waals surface area contributed by atoms with Crippen LogP contribution in [0.25, 0.3) is 0 Å². The fraction of sp³-hybridized carbons (Fsp3) is 0.333. The average molecular weight is 255 g/mol. The van der Waals surface area contributed by atoms with Crippen molar-refractivity contribution in [2.24, 2.45) is 0 Å². The van der Waals surface area contributed by atoms with Gasteiger partial charge in [0, 0.05) is 24.5 Å². The second-order valence-electron chi connectivity index (χ2n) is 4.82. The lowest BCUT2D eigenvalue weighted by molar-refractivity contribution is 0.0984. The molecule has 0 N–H and O–H groups in total. The predicted molar refractivity (Wildman–Crippen MR) is 74.5 cm³/mol. The Kier molecular flexibility index (Phi) is 2.85. The van der Waals surface area contributed by atoms with E-state index < -0.39 is 0 Å². The molecule has 0 saturated carbocycles. The first-order chi connectivity index (χ1) is 9.20. The molecule has 0 atom stereocenters. The van der Waals surface area contributed by atoms with Crippen LogP contribution in [0.2, 0.25) is 0 Å². The van der Waals surface area contributed by atoms with E-state index in [9.17, 15) is 4.79 Å². The van der Waals surface area contributed by atoms with Crippen molar-refractivity contribution in [3.63, 3.8) is 0 Å². The Morgan fingerprint density at radius 3 is 2.89 bits per heavy atom. The third-order valence-corrected chi connectivity index (χ3v) is 3.63. The summed E-state index contributed by atoms with van der Waals surface area (Å²) < 4.78 is 1.86. The Bertz CT molecular complexity index is 630. The van der Waals surface area contributed by atoms with Gasteiger partial charge in [0.1, 0.15) is 0 Å². The number of aromatic nitrogens is 2. The predicted octanol–water partition coefficient (Wildman–Crippen LogP) is 2.41. The average Bonchev–Trinajstić information content (AvgIpc) is 3.01. The number of hydrogen-bond donors (Lipinski definition) is 0. The van der Waals surface area contributed by atoms with Crippen LogP contribution in [0.15, 0.2) is 30.3 Å². The molecule has 0 aliphatic carbocycles. The third kappa shape index (κ3) is 1.93. The minimum atomic E-state index is 0.000231. The molecule has 4 nitrogen and oxygen atoms in total. The molecule has 0 radical (unpaired) electrons. The van der Waals surface area contributed by atoms with Crippen LogP contribution < -0.4 is 4.90 Å². The summed E-state index contributed by atoms with van der Waals surface area (Å²) in [5, 5.41) is 4.37. The number of amides is 1. The largest absolute Gasteiger partial charge is 0.306 e. The number of carbonyl (C=O) groups is 1. The lowest BCUT2D eigenvalue weighted by atomic mass is 10.2. The molecule has 0 fully saturated rings. The highest BCUT2D eigenvalue weighted by molar-refractivity contribution is 6.06. The van der Waals surface area contributed by atoms with Gasteiger partial charge in [-0.25, -0.2) is 0 Å².